The van der Waals surface area contributed by atoms with Crippen LogP contribution in [-0.2, 0) is 10.8 Å². The van der Waals surface area contributed by atoms with E-state index in [2.05, 4.69) is 190 Å². The predicted octanol–water partition coefficient (Wildman–Crippen LogP) is 13.0. The van der Waals surface area contributed by atoms with Gasteiger partial charge in [0.25, 0.3) is 0 Å². The molecule has 6 heterocycles. The van der Waals surface area contributed by atoms with Crippen LogP contribution in [0.1, 0.15) is 57.2 Å². The molecular weight excluding hydrogens is 888 g/mol. The van der Waals surface area contributed by atoms with Crippen molar-refractivity contribution in [3.63, 3.8) is 0 Å². The first-order valence-corrected chi connectivity index (χ1v) is 27.7. The van der Waals surface area contributed by atoms with Gasteiger partial charge < -0.3 is 19.2 Å². The summed E-state index contributed by atoms with van der Waals surface area (Å²) < 4.78 is 16.5. The number of fused-ring (bicyclic) bond motifs is 20. The van der Waals surface area contributed by atoms with Crippen LogP contribution in [0.25, 0.3) is 42.4 Å². The number of rotatable bonds is 1. The molecule has 7 heteroatoms. The molecule has 0 radical (unpaired) electrons. The second-order valence-corrected chi connectivity index (χ2v) is 26.5. The van der Waals surface area contributed by atoms with Crippen molar-refractivity contribution >= 4 is 107 Å². The number of aryl methyl sites for hydroxylation is 1. The highest BCUT2D eigenvalue weighted by molar-refractivity contribution is 7.27. The molecule has 0 saturated heterocycles. The van der Waals surface area contributed by atoms with E-state index in [1.54, 1.807) is 0 Å². The quantitative estimate of drug-likeness (QED) is 0.153. The Kier molecular flexibility index (Phi) is 7.51. The minimum absolute atomic E-state index is 0.0160. The molecule has 9 aromatic carbocycles. The monoisotopic (exact) mass is 934 g/mol. The molecule has 6 aliphatic rings. The van der Waals surface area contributed by atoms with E-state index in [-0.39, 0.29) is 17.7 Å². The van der Waals surface area contributed by atoms with Crippen LogP contribution in [0.5, 0.6) is 23.0 Å². The first-order valence-electron chi connectivity index (χ1n) is 24.9. The van der Waals surface area contributed by atoms with Gasteiger partial charge in [0.05, 0.1) is 0 Å². The normalized spacial score (nSPS) is 17.0. The van der Waals surface area contributed by atoms with Crippen LogP contribution in [0.2, 0.25) is 0 Å². The Morgan fingerprint density at radius 3 is 1.86 bits per heavy atom. The summed E-state index contributed by atoms with van der Waals surface area (Å²) in [6, 6.07) is 64.8. The fraction of sp³-hybridized carbons (Fsp3) is 0.143. The van der Waals surface area contributed by atoms with Crippen LogP contribution in [0.4, 0.5) is 28.4 Å². The summed E-state index contributed by atoms with van der Waals surface area (Å²) in [6.07, 6.45) is 2.31. The molecule has 1 spiro atoms. The van der Waals surface area contributed by atoms with E-state index in [4.69, 9.17) is 9.47 Å². The summed E-state index contributed by atoms with van der Waals surface area (Å²) in [6.45, 7) is 11.9. The fourth-order valence-corrected chi connectivity index (χ4v) is 20.8. The van der Waals surface area contributed by atoms with Gasteiger partial charge in [-0.2, -0.15) is 0 Å². The van der Waals surface area contributed by atoms with Gasteiger partial charge >= 0.3 is 6.85 Å². The number of nitrogens with zero attached hydrogens (tertiary/aromatic N) is 2. The van der Waals surface area contributed by atoms with Gasteiger partial charge in [-0.15, -0.1) is 11.3 Å². The predicted molar refractivity (Wildman–Crippen MR) is 296 cm³/mol. The Morgan fingerprint density at radius 1 is 0.514 bits per heavy atom. The van der Waals surface area contributed by atoms with E-state index >= 15 is 0 Å². The van der Waals surface area contributed by atoms with E-state index in [0.29, 0.717) is 0 Å². The smallest absolute Gasteiger partial charge is 0.333 e. The van der Waals surface area contributed by atoms with Crippen LogP contribution in [0.3, 0.4) is 0 Å². The number of benzene rings is 9. The molecular formula is C63H47BN2O2SSi. The maximum Gasteiger partial charge on any atom is 0.333 e. The molecule has 0 N–H and O–H groups in total. The molecule has 0 saturated carbocycles. The van der Waals surface area contributed by atoms with E-state index in [9.17, 15) is 0 Å². The van der Waals surface area contributed by atoms with E-state index < -0.39 is 8.07 Å². The topological polar surface area (TPSA) is 24.9 Å². The Labute approximate surface area is 413 Å². The molecule has 4 nitrogen and oxygen atoms in total. The molecule has 0 bridgehead atoms. The third-order valence-electron chi connectivity index (χ3n) is 17.3. The number of anilines is 5. The van der Waals surface area contributed by atoms with Crippen LogP contribution >= 0.6 is 11.3 Å². The lowest BCUT2D eigenvalue weighted by Crippen LogP contribution is -2.78. The van der Waals surface area contributed by atoms with Crippen molar-refractivity contribution in [2.75, 3.05) is 9.71 Å². The third-order valence-corrected chi connectivity index (χ3v) is 23.4. The third kappa shape index (κ3) is 4.78. The van der Waals surface area contributed by atoms with Crippen LogP contribution < -0.4 is 50.9 Å². The largest absolute Gasteiger partial charge is 0.450 e. The molecule has 1 aromatic heterocycles. The van der Waals surface area contributed by atoms with Gasteiger partial charge in [0.1, 0.15) is 0 Å². The van der Waals surface area contributed by atoms with Crippen molar-refractivity contribution in [2.24, 2.45) is 0 Å². The molecule has 0 unspecified atom stereocenters. The fourth-order valence-electron chi connectivity index (χ4n) is 14.0. The first-order chi connectivity index (χ1) is 34.1. The Balaban J connectivity index is 1.08. The minimum atomic E-state index is -2.88. The minimum Gasteiger partial charge on any atom is -0.450 e. The van der Waals surface area contributed by atoms with E-state index in [1.807, 2.05) is 35.6 Å². The van der Waals surface area contributed by atoms with Crippen molar-refractivity contribution in [3.05, 3.63) is 187 Å². The zero-order chi connectivity index (χ0) is 46.6. The van der Waals surface area contributed by atoms with Gasteiger partial charge in [-0.25, -0.2) is 0 Å². The zero-order valence-electron chi connectivity index (χ0n) is 39.8. The van der Waals surface area contributed by atoms with Crippen LogP contribution in [0, 0.1) is 6.92 Å². The molecule has 334 valence electrons. The van der Waals surface area contributed by atoms with Crippen molar-refractivity contribution in [3.8, 4) is 45.3 Å². The molecule has 5 aliphatic heterocycles. The molecule has 16 rings (SSSR count). The molecule has 10 aromatic rings. The molecule has 0 atom stereocenters. The highest BCUT2D eigenvalue weighted by atomic mass is 32.1. The van der Waals surface area contributed by atoms with Crippen molar-refractivity contribution in [1.82, 2.24) is 0 Å². The van der Waals surface area contributed by atoms with Gasteiger partial charge in [-0.3, -0.25) is 0 Å². The number of hydrogen-bond acceptors (Lipinski definition) is 5. The van der Waals surface area contributed by atoms with E-state index in [1.165, 1.54) is 120 Å². The summed E-state index contributed by atoms with van der Waals surface area (Å²) in [4.78, 5) is 5.39. The number of ether oxygens (including phenoxy) is 2. The summed E-state index contributed by atoms with van der Waals surface area (Å²) in [5, 5.41) is 8.45. The second kappa shape index (κ2) is 13.3. The Bertz CT molecular complexity index is 3990. The lowest BCUT2D eigenvalue weighted by Gasteiger charge is -2.52. The summed E-state index contributed by atoms with van der Waals surface area (Å²) in [5.74, 6) is 2.93. The maximum atomic E-state index is 6.92. The van der Waals surface area contributed by atoms with Gasteiger partial charge in [-0.05, 0) is 133 Å². The highest BCUT2D eigenvalue weighted by Crippen LogP contribution is 2.57. The lowest BCUT2D eigenvalue weighted by atomic mass is 9.43. The summed E-state index contributed by atoms with van der Waals surface area (Å²) in [7, 11) is -2.88. The molecule has 70 heavy (non-hydrogen) atoms. The summed E-state index contributed by atoms with van der Waals surface area (Å²) >= 11 is 1.95. The molecule has 1 aliphatic carbocycles. The molecule has 0 fully saturated rings. The van der Waals surface area contributed by atoms with Gasteiger partial charge in [-0.1, -0.05) is 149 Å². The second-order valence-electron chi connectivity index (χ2n) is 21.8. The number of thiophene rings is 1. The van der Waals surface area contributed by atoms with Crippen molar-refractivity contribution < 1.29 is 9.47 Å². The van der Waals surface area contributed by atoms with Crippen LogP contribution in [-0.4, -0.2) is 14.9 Å². The van der Waals surface area contributed by atoms with Gasteiger partial charge in [0.2, 0.25) is 0 Å². The zero-order valence-corrected chi connectivity index (χ0v) is 41.6. The molecule has 0 amide bonds. The van der Waals surface area contributed by atoms with Crippen molar-refractivity contribution in [2.45, 2.75) is 58.3 Å². The average Bonchev–Trinajstić information content (AvgIpc) is 3.90. The number of hydrogen-bond donors (Lipinski definition) is 0. The Hall–Kier alpha value is -7.32. The van der Waals surface area contributed by atoms with Crippen molar-refractivity contribution in [1.29, 1.82) is 0 Å². The average molecular weight is 935 g/mol. The SMILES string of the molecule is Cc1cc2c(cc1N1c3cc4c(cc3B3c5c1cc1c(sc6ccccc61)c5-c1cccc5c1N3c1ccccc1[Si]51c3ccccc3-c3ccccc31)Oc1ccccc1O4)C(C)(C)CCC2(C)C. The van der Waals surface area contributed by atoms with E-state index in [0.717, 1.165) is 35.1 Å². The Morgan fingerprint density at radius 2 is 1.11 bits per heavy atom. The van der Waals surface area contributed by atoms with Gasteiger partial charge in [0.15, 0.2) is 31.1 Å². The van der Waals surface area contributed by atoms with Gasteiger partial charge in [0, 0.05) is 65.8 Å². The number of para-hydroxylation sites is 4. The van der Waals surface area contributed by atoms with Crippen LogP contribution in [0.15, 0.2) is 170 Å². The summed E-state index contributed by atoms with van der Waals surface area (Å²) in [5.41, 5.74) is 18.4. The standard InChI is InChI=1S/C63H47BN2O2SSi/c1-36-31-42-43(63(4,5)30-29-62(42,2)3)33-46(36)65-47-35-52-51(67-49-22-10-11-23-50(49)68-52)34-44(47)64-59-48(65)32-41-37-17-6-12-24-53(37)69-61(41)58(59)40-20-16-28-57-60(40)66(64)45-21-9-15-27-56(45)70(57)54-25-13-7-18-38(54)39-19-8-14-26-55(39)70/h6-28,31-35H,29-30H2,1-5H3. The maximum absolute atomic E-state index is 6.92. The highest BCUT2D eigenvalue weighted by Gasteiger charge is 2.58. The lowest BCUT2D eigenvalue weighted by molar-refractivity contribution is 0.332. The first kappa shape index (κ1) is 39.5.